The highest BCUT2D eigenvalue weighted by molar-refractivity contribution is 5.95. The molecule has 0 saturated carbocycles. The average molecular weight is 613 g/mol. The minimum Gasteiger partial charge on any atom is -0.488 e. The first kappa shape index (κ1) is 29.7. The highest BCUT2D eigenvalue weighted by atomic mass is 19.1. The van der Waals surface area contributed by atoms with Crippen molar-refractivity contribution < 1.29 is 32.6 Å². The Kier molecular flexibility index (Phi) is 8.68. The zero-order valence-corrected chi connectivity index (χ0v) is 24.2. The molecule has 3 aliphatic heterocycles. The molecular formula is C34H30F2N4O5. The monoisotopic (exact) mass is 612 g/mol. The summed E-state index contributed by atoms with van der Waals surface area (Å²) in [6, 6.07) is 18.6. The van der Waals surface area contributed by atoms with Gasteiger partial charge in [0, 0.05) is 50.1 Å². The predicted octanol–water partition coefficient (Wildman–Crippen LogP) is 4.06. The Balaban J connectivity index is 1.28. The van der Waals surface area contributed by atoms with Crippen molar-refractivity contribution in [3.63, 3.8) is 0 Å². The van der Waals surface area contributed by atoms with E-state index in [1.54, 1.807) is 47.5 Å². The van der Waals surface area contributed by atoms with Gasteiger partial charge in [0.05, 0.1) is 18.0 Å². The summed E-state index contributed by atoms with van der Waals surface area (Å²) in [6.45, 7) is 0.578. The van der Waals surface area contributed by atoms with Gasteiger partial charge in [-0.25, -0.2) is 8.78 Å². The molecule has 11 heteroatoms. The first-order valence-electron chi connectivity index (χ1n) is 14.5. The summed E-state index contributed by atoms with van der Waals surface area (Å²) in [7, 11) is 0. The Morgan fingerprint density at radius 2 is 1.76 bits per heavy atom. The van der Waals surface area contributed by atoms with Crippen molar-refractivity contribution in [3.05, 3.63) is 114 Å². The van der Waals surface area contributed by atoms with Crippen LogP contribution in [0.1, 0.15) is 27.9 Å². The van der Waals surface area contributed by atoms with E-state index in [9.17, 15) is 23.2 Å². The van der Waals surface area contributed by atoms with Crippen molar-refractivity contribution in [1.29, 1.82) is 0 Å². The normalized spacial score (nSPS) is 18.5. The summed E-state index contributed by atoms with van der Waals surface area (Å²) >= 11 is 0. The fraction of sp³-hybridized carbons (Fsp3) is 0.235. The number of ether oxygens (including phenoxy) is 2. The molecule has 45 heavy (non-hydrogen) atoms. The van der Waals surface area contributed by atoms with Crippen LogP contribution in [0.15, 0.2) is 85.2 Å². The second kappa shape index (κ2) is 13.1. The Bertz CT molecular complexity index is 1730. The number of aromatic nitrogens is 1. The molecule has 1 fully saturated rings. The molecule has 7 rings (SSSR count). The van der Waals surface area contributed by atoms with Gasteiger partial charge in [-0.05, 0) is 53.1 Å². The third-order valence-corrected chi connectivity index (χ3v) is 7.81. The molecule has 0 spiro atoms. The van der Waals surface area contributed by atoms with Crippen molar-refractivity contribution in [3.8, 4) is 22.6 Å². The zero-order valence-electron chi connectivity index (χ0n) is 24.2. The van der Waals surface area contributed by atoms with Crippen LogP contribution in [-0.2, 0) is 22.6 Å². The number of carbonyl (C=O) groups excluding carboxylic acids is 3. The molecule has 230 valence electrons. The third kappa shape index (κ3) is 7.26. The lowest BCUT2D eigenvalue weighted by Crippen LogP contribution is -2.58. The predicted molar refractivity (Wildman–Crippen MR) is 160 cm³/mol. The molecule has 1 saturated heterocycles. The van der Waals surface area contributed by atoms with Crippen LogP contribution in [0.2, 0.25) is 0 Å². The molecule has 3 aliphatic rings. The number of hydrogen-bond donors (Lipinski definition) is 2. The fourth-order valence-electron chi connectivity index (χ4n) is 5.38. The van der Waals surface area contributed by atoms with Crippen molar-refractivity contribution in [1.82, 2.24) is 20.5 Å². The molecule has 1 aromatic heterocycles. The van der Waals surface area contributed by atoms with Crippen molar-refractivity contribution in [2.75, 3.05) is 19.7 Å². The van der Waals surface area contributed by atoms with Crippen molar-refractivity contribution in [2.45, 2.75) is 31.5 Å². The summed E-state index contributed by atoms with van der Waals surface area (Å²) in [5, 5.41) is 5.87. The maximum absolute atomic E-state index is 14.3. The summed E-state index contributed by atoms with van der Waals surface area (Å²) in [6.07, 6.45) is 2.74. The van der Waals surface area contributed by atoms with Crippen molar-refractivity contribution >= 4 is 17.7 Å². The first-order valence-corrected chi connectivity index (χ1v) is 14.5. The fourth-order valence-corrected chi connectivity index (χ4v) is 5.38. The largest absolute Gasteiger partial charge is 0.488 e. The van der Waals surface area contributed by atoms with E-state index < -0.39 is 29.7 Å². The molecule has 0 aliphatic carbocycles. The smallest absolute Gasteiger partial charge is 0.258 e. The zero-order chi connectivity index (χ0) is 31.3. The number of piperidine rings is 1. The first-order chi connectivity index (χ1) is 21.8. The van der Waals surface area contributed by atoms with Crippen LogP contribution in [0.25, 0.3) is 11.1 Å². The summed E-state index contributed by atoms with van der Waals surface area (Å²) in [5.74, 6) is -1.49. The standard InChI is InChI=1S/C34H30F2N4O5/c35-26-7-6-23(29(36)15-26)14-33(42)40-11-10-31-30(19-40)39-34(43)25-12-24(17-37-18-25)22-2-1-3-28(13-22)44-20-32(41)38-16-21-4-8-27(45-31)9-5-21/h1-9,12-13,15,17-18,30-31H,10-11,14,16,19-20H2,(H,38,41)(H,39,43)/t30-,31+/m1/s1. The Hall–Kier alpha value is -5.32. The van der Waals surface area contributed by atoms with Crippen LogP contribution in [0, 0.1) is 11.6 Å². The van der Waals surface area contributed by atoms with Gasteiger partial charge in [0.25, 0.3) is 11.8 Å². The molecular weight excluding hydrogens is 582 g/mol. The van der Waals surface area contributed by atoms with E-state index in [-0.39, 0.29) is 37.0 Å². The summed E-state index contributed by atoms with van der Waals surface area (Å²) in [4.78, 5) is 45.0. The van der Waals surface area contributed by atoms with E-state index in [4.69, 9.17) is 9.47 Å². The number of halogens is 2. The topological polar surface area (TPSA) is 110 Å². The van der Waals surface area contributed by atoms with Crippen LogP contribution in [0.5, 0.6) is 11.5 Å². The lowest BCUT2D eigenvalue weighted by molar-refractivity contribution is -0.133. The minimum atomic E-state index is -0.787. The average Bonchev–Trinajstić information content (AvgIpc) is 3.05. The molecule has 4 aromatic rings. The van der Waals surface area contributed by atoms with Crippen LogP contribution in [0.4, 0.5) is 8.78 Å². The molecule has 4 heterocycles. The minimum absolute atomic E-state index is 0.0914. The Morgan fingerprint density at radius 3 is 2.58 bits per heavy atom. The Morgan fingerprint density at radius 1 is 0.933 bits per heavy atom. The molecule has 3 aromatic carbocycles. The summed E-state index contributed by atoms with van der Waals surface area (Å²) < 4.78 is 39.7. The lowest BCUT2D eigenvalue weighted by Gasteiger charge is -2.39. The van der Waals surface area contributed by atoms with Gasteiger partial charge < -0.3 is 25.0 Å². The van der Waals surface area contributed by atoms with Gasteiger partial charge >= 0.3 is 0 Å². The van der Waals surface area contributed by atoms with E-state index in [0.29, 0.717) is 42.1 Å². The number of likely N-dealkylation sites (tertiary alicyclic amines) is 1. The quantitative estimate of drug-likeness (QED) is 0.354. The molecule has 0 radical (unpaired) electrons. The van der Waals surface area contributed by atoms with Gasteiger partial charge in [-0.2, -0.15) is 0 Å². The van der Waals surface area contributed by atoms with Crippen LogP contribution >= 0.6 is 0 Å². The number of benzene rings is 3. The number of amides is 3. The number of nitrogens with one attached hydrogen (secondary N) is 2. The second-order valence-electron chi connectivity index (χ2n) is 11.0. The van der Waals surface area contributed by atoms with E-state index >= 15 is 0 Å². The SMILES string of the molecule is O=C1COc2cccc(c2)-c2cncc(c2)C(=O)N[C@@H]2CN(C(=O)Cc3ccc(F)cc3F)CC[C@@H]2Oc2ccc(cc2)CN1. The third-order valence-electron chi connectivity index (χ3n) is 7.81. The van der Waals surface area contributed by atoms with Crippen LogP contribution in [-0.4, -0.2) is 59.4 Å². The van der Waals surface area contributed by atoms with E-state index in [2.05, 4.69) is 15.6 Å². The van der Waals surface area contributed by atoms with Gasteiger partial charge in [0.1, 0.15) is 29.2 Å². The second-order valence-corrected chi connectivity index (χ2v) is 11.0. The highest BCUT2D eigenvalue weighted by Crippen LogP contribution is 2.25. The molecule has 2 atom stereocenters. The maximum Gasteiger partial charge on any atom is 0.258 e. The van der Waals surface area contributed by atoms with Gasteiger partial charge in [0.15, 0.2) is 6.61 Å². The number of hydrogen-bond acceptors (Lipinski definition) is 6. The summed E-state index contributed by atoms with van der Waals surface area (Å²) in [5.41, 5.74) is 2.66. The van der Waals surface area contributed by atoms with Crippen LogP contribution < -0.4 is 20.1 Å². The van der Waals surface area contributed by atoms with Crippen molar-refractivity contribution in [2.24, 2.45) is 0 Å². The number of carbonyl (C=O) groups is 3. The molecule has 0 unspecified atom stereocenters. The lowest BCUT2D eigenvalue weighted by atomic mass is 9.99. The highest BCUT2D eigenvalue weighted by Gasteiger charge is 2.34. The van der Waals surface area contributed by atoms with E-state index in [0.717, 1.165) is 23.3 Å². The number of nitrogens with zero attached hydrogens (tertiary/aromatic N) is 2. The van der Waals surface area contributed by atoms with Crippen LogP contribution in [0.3, 0.4) is 0 Å². The van der Waals surface area contributed by atoms with E-state index in [1.807, 2.05) is 18.2 Å². The molecule has 3 amide bonds. The maximum atomic E-state index is 14.3. The molecule has 2 N–H and O–H groups in total. The van der Waals surface area contributed by atoms with Gasteiger partial charge in [-0.3, -0.25) is 19.4 Å². The molecule has 6 bridgehead atoms. The molecule has 9 nitrogen and oxygen atoms in total. The van der Waals surface area contributed by atoms with E-state index in [1.165, 1.54) is 12.3 Å². The van der Waals surface area contributed by atoms with Gasteiger partial charge in [-0.15, -0.1) is 0 Å². The van der Waals surface area contributed by atoms with Gasteiger partial charge in [0.2, 0.25) is 5.91 Å². The number of rotatable bonds is 2. The Labute approximate surface area is 258 Å². The number of pyridine rings is 1. The number of fused-ring (bicyclic) bond motifs is 7. The van der Waals surface area contributed by atoms with Gasteiger partial charge in [-0.1, -0.05) is 30.3 Å².